The Balaban J connectivity index is 1.70. The summed E-state index contributed by atoms with van der Waals surface area (Å²) >= 11 is 0. The molecule has 1 aromatic rings. The molecule has 0 saturated carbocycles. The molecule has 1 saturated heterocycles. The van der Waals surface area contributed by atoms with E-state index in [9.17, 15) is 4.79 Å². The lowest BCUT2D eigenvalue weighted by Gasteiger charge is -2.22. The van der Waals surface area contributed by atoms with Crippen molar-refractivity contribution in [1.82, 2.24) is 15.1 Å². The Morgan fingerprint density at radius 3 is 3.24 bits per heavy atom. The predicted octanol–water partition coefficient (Wildman–Crippen LogP) is 0.300. The van der Waals surface area contributed by atoms with Crippen molar-refractivity contribution in [3.8, 4) is 0 Å². The zero-order valence-electron chi connectivity index (χ0n) is 10.2. The van der Waals surface area contributed by atoms with Gasteiger partial charge in [-0.25, -0.2) is 0 Å². The van der Waals surface area contributed by atoms with Crippen molar-refractivity contribution in [3.63, 3.8) is 0 Å². The number of nitrogens with one attached hydrogen (secondary N) is 1. The van der Waals surface area contributed by atoms with Crippen molar-refractivity contribution >= 4 is 5.78 Å². The third kappa shape index (κ3) is 3.94. The number of hydrogen-bond acceptors (Lipinski definition) is 4. The predicted molar refractivity (Wildman–Crippen MR) is 63.8 cm³/mol. The summed E-state index contributed by atoms with van der Waals surface area (Å²) < 4.78 is 7.26. The van der Waals surface area contributed by atoms with E-state index in [0.29, 0.717) is 19.4 Å². The number of aromatic nitrogens is 2. The van der Waals surface area contributed by atoms with Gasteiger partial charge in [-0.2, -0.15) is 5.10 Å². The minimum absolute atomic E-state index is 0.0603. The molecular weight excluding hydrogens is 218 g/mol. The molecule has 1 aliphatic heterocycles. The normalized spacial score (nSPS) is 20.4. The quantitative estimate of drug-likeness (QED) is 0.800. The average molecular weight is 237 g/mol. The third-order valence-electron chi connectivity index (χ3n) is 2.91. The van der Waals surface area contributed by atoms with E-state index in [-0.39, 0.29) is 11.9 Å². The zero-order valence-corrected chi connectivity index (χ0v) is 10.2. The molecule has 1 aliphatic rings. The maximum atomic E-state index is 11.8. The van der Waals surface area contributed by atoms with Crippen molar-refractivity contribution in [1.29, 1.82) is 0 Å². The van der Waals surface area contributed by atoms with Gasteiger partial charge in [-0.05, 0) is 12.0 Å². The molecule has 5 nitrogen and oxygen atoms in total. The molecule has 0 aliphatic carbocycles. The van der Waals surface area contributed by atoms with E-state index in [4.69, 9.17) is 4.74 Å². The fraction of sp³-hybridized carbons (Fsp3) is 0.667. The van der Waals surface area contributed by atoms with Crippen LogP contribution in [0.2, 0.25) is 0 Å². The number of Topliss-reactive ketones (excluding diaryl/α,β-unsaturated/α-hetero) is 1. The van der Waals surface area contributed by atoms with Gasteiger partial charge in [-0.1, -0.05) is 0 Å². The van der Waals surface area contributed by atoms with Gasteiger partial charge >= 0.3 is 0 Å². The Morgan fingerprint density at radius 1 is 1.71 bits per heavy atom. The summed E-state index contributed by atoms with van der Waals surface area (Å²) in [5.41, 5.74) is 1.11. The van der Waals surface area contributed by atoms with Crippen LogP contribution in [0, 0.1) is 0 Å². The van der Waals surface area contributed by atoms with E-state index >= 15 is 0 Å². The smallest absolute Gasteiger partial charge is 0.135 e. The van der Waals surface area contributed by atoms with Crippen LogP contribution in [0.5, 0.6) is 0 Å². The molecule has 0 amide bonds. The van der Waals surface area contributed by atoms with Crippen LogP contribution in [-0.2, 0) is 23.0 Å². The van der Waals surface area contributed by atoms with Crippen molar-refractivity contribution in [2.24, 2.45) is 7.05 Å². The molecule has 0 aromatic carbocycles. The highest BCUT2D eigenvalue weighted by Crippen LogP contribution is 2.07. The zero-order chi connectivity index (χ0) is 12.1. The first-order chi connectivity index (χ1) is 8.24. The Morgan fingerprint density at radius 2 is 2.59 bits per heavy atom. The Hall–Kier alpha value is -1.20. The number of rotatable bonds is 5. The van der Waals surface area contributed by atoms with Crippen molar-refractivity contribution in [2.45, 2.75) is 25.4 Å². The van der Waals surface area contributed by atoms with Gasteiger partial charge in [0, 0.05) is 39.2 Å². The highest BCUT2D eigenvalue weighted by molar-refractivity contribution is 5.79. The molecule has 1 N–H and O–H groups in total. The van der Waals surface area contributed by atoms with Gasteiger partial charge in [-0.15, -0.1) is 0 Å². The van der Waals surface area contributed by atoms with Gasteiger partial charge in [-0.3, -0.25) is 9.48 Å². The van der Waals surface area contributed by atoms with E-state index in [0.717, 1.165) is 25.1 Å². The van der Waals surface area contributed by atoms with Crippen molar-refractivity contribution in [2.75, 3.05) is 19.7 Å². The lowest BCUT2D eigenvalue weighted by atomic mass is 10.1. The second kappa shape index (κ2) is 5.93. The minimum atomic E-state index is 0.0603. The standard InChI is InChI=1S/C12H19N3O2/c1-15-9-10(7-14-15)2-3-11(16)6-12-8-13-4-5-17-12/h7,9,12-13H,2-6,8H2,1H3. The number of carbonyl (C=O) groups is 1. The third-order valence-corrected chi connectivity index (χ3v) is 2.91. The van der Waals surface area contributed by atoms with Gasteiger partial charge < -0.3 is 10.1 Å². The van der Waals surface area contributed by atoms with Crippen LogP contribution in [0.3, 0.4) is 0 Å². The molecule has 0 bridgehead atoms. The number of ether oxygens (including phenoxy) is 1. The number of carbonyl (C=O) groups excluding carboxylic acids is 1. The first-order valence-corrected chi connectivity index (χ1v) is 6.05. The van der Waals surface area contributed by atoms with Crippen LogP contribution in [-0.4, -0.2) is 41.4 Å². The Bertz CT molecular complexity index is 370. The van der Waals surface area contributed by atoms with Crippen LogP contribution in [0.25, 0.3) is 0 Å². The number of hydrogen-bond donors (Lipinski definition) is 1. The van der Waals surface area contributed by atoms with Crippen LogP contribution in [0.15, 0.2) is 12.4 Å². The largest absolute Gasteiger partial charge is 0.375 e. The summed E-state index contributed by atoms with van der Waals surface area (Å²) in [4.78, 5) is 11.8. The molecular formula is C12H19N3O2. The van der Waals surface area contributed by atoms with E-state index in [1.165, 1.54) is 0 Å². The van der Waals surface area contributed by atoms with Crippen LogP contribution >= 0.6 is 0 Å². The van der Waals surface area contributed by atoms with Gasteiger partial charge in [0.05, 0.1) is 18.9 Å². The van der Waals surface area contributed by atoms with E-state index < -0.39 is 0 Å². The number of morpholine rings is 1. The maximum absolute atomic E-state index is 11.8. The first kappa shape index (κ1) is 12.3. The van der Waals surface area contributed by atoms with Crippen molar-refractivity contribution < 1.29 is 9.53 Å². The molecule has 1 atom stereocenters. The number of aryl methyl sites for hydroxylation is 2. The second-order valence-electron chi connectivity index (χ2n) is 4.46. The molecule has 0 radical (unpaired) electrons. The fourth-order valence-corrected chi connectivity index (χ4v) is 1.99. The van der Waals surface area contributed by atoms with Gasteiger partial charge in [0.2, 0.25) is 0 Å². The highest BCUT2D eigenvalue weighted by Gasteiger charge is 2.17. The van der Waals surface area contributed by atoms with Gasteiger partial charge in [0.1, 0.15) is 5.78 Å². The molecule has 1 aromatic heterocycles. The van der Waals surface area contributed by atoms with Crippen LogP contribution in [0.4, 0.5) is 0 Å². The minimum Gasteiger partial charge on any atom is -0.375 e. The van der Waals surface area contributed by atoms with Gasteiger partial charge in [0.15, 0.2) is 0 Å². The highest BCUT2D eigenvalue weighted by atomic mass is 16.5. The topological polar surface area (TPSA) is 56.2 Å². The lowest BCUT2D eigenvalue weighted by Crippen LogP contribution is -2.39. The monoisotopic (exact) mass is 237 g/mol. The van der Waals surface area contributed by atoms with Crippen LogP contribution in [0.1, 0.15) is 18.4 Å². The molecule has 2 rings (SSSR count). The van der Waals surface area contributed by atoms with Crippen molar-refractivity contribution in [3.05, 3.63) is 18.0 Å². The molecule has 0 spiro atoms. The maximum Gasteiger partial charge on any atom is 0.135 e. The molecule has 17 heavy (non-hydrogen) atoms. The lowest BCUT2D eigenvalue weighted by molar-refractivity contribution is -0.122. The average Bonchev–Trinajstić information content (AvgIpc) is 2.74. The molecule has 94 valence electrons. The van der Waals surface area contributed by atoms with Gasteiger partial charge in [0.25, 0.3) is 0 Å². The molecule has 2 heterocycles. The summed E-state index contributed by atoms with van der Waals surface area (Å²) in [5.74, 6) is 0.266. The SMILES string of the molecule is Cn1cc(CCC(=O)CC2CNCCO2)cn1. The summed E-state index contributed by atoms with van der Waals surface area (Å²) in [5, 5.41) is 7.31. The summed E-state index contributed by atoms with van der Waals surface area (Å²) in [6, 6.07) is 0. The summed E-state index contributed by atoms with van der Waals surface area (Å²) in [7, 11) is 1.88. The number of ketones is 1. The van der Waals surface area contributed by atoms with E-state index in [1.54, 1.807) is 4.68 Å². The van der Waals surface area contributed by atoms with E-state index in [2.05, 4.69) is 10.4 Å². The Labute approximate surface area is 101 Å². The summed E-state index contributed by atoms with van der Waals surface area (Å²) in [6.07, 6.45) is 5.69. The first-order valence-electron chi connectivity index (χ1n) is 6.05. The molecule has 1 unspecified atom stereocenters. The molecule has 1 fully saturated rings. The molecule has 5 heteroatoms. The van der Waals surface area contributed by atoms with Crippen LogP contribution < -0.4 is 5.32 Å². The number of nitrogens with zero attached hydrogens (tertiary/aromatic N) is 2. The Kier molecular flexibility index (Phi) is 4.28. The second-order valence-corrected chi connectivity index (χ2v) is 4.46. The summed E-state index contributed by atoms with van der Waals surface area (Å²) in [6.45, 7) is 2.39. The fourth-order valence-electron chi connectivity index (χ4n) is 1.99. The van der Waals surface area contributed by atoms with E-state index in [1.807, 2.05) is 19.4 Å².